The number of rotatable bonds is 5. The number of ether oxygens (including phenoxy) is 1. The van der Waals surface area contributed by atoms with Crippen molar-refractivity contribution in [1.29, 1.82) is 5.26 Å². The van der Waals surface area contributed by atoms with Crippen molar-refractivity contribution in [3.8, 4) is 6.07 Å². The number of aromatic nitrogens is 1. The van der Waals surface area contributed by atoms with E-state index in [1.807, 2.05) is 38.1 Å². The van der Waals surface area contributed by atoms with Crippen molar-refractivity contribution in [1.82, 2.24) is 4.98 Å². The zero-order chi connectivity index (χ0) is 21.7. The number of nitrogens with one attached hydrogen (secondary N) is 1. The Morgan fingerprint density at radius 3 is 2.57 bits per heavy atom. The number of anilines is 2. The molecule has 1 amide bonds. The van der Waals surface area contributed by atoms with Crippen molar-refractivity contribution in [2.24, 2.45) is 5.92 Å². The first-order valence-electron chi connectivity index (χ1n) is 10.1. The summed E-state index contributed by atoms with van der Waals surface area (Å²) in [7, 11) is 0. The molecular formula is C23H26N4O3. The molecule has 2 heterocycles. The molecule has 30 heavy (non-hydrogen) atoms. The zero-order valence-electron chi connectivity index (χ0n) is 17.5. The van der Waals surface area contributed by atoms with Crippen LogP contribution in [0.15, 0.2) is 36.5 Å². The Labute approximate surface area is 176 Å². The van der Waals surface area contributed by atoms with Gasteiger partial charge in [-0.1, -0.05) is 17.7 Å². The zero-order valence-corrected chi connectivity index (χ0v) is 17.5. The van der Waals surface area contributed by atoms with E-state index in [9.17, 15) is 9.59 Å². The number of carbonyl (C=O) groups is 2. The molecule has 1 saturated heterocycles. The highest BCUT2D eigenvalue weighted by Gasteiger charge is 2.29. The van der Waals surface area contributed by atoms with Gasteiger partial charge >= 0.3 is 5.97 Å². The first-order chi connectivity index (χ1) is 14.4. The number of nitriles is 1. The van der Waals surface area contributed by atoms with Crippen LogP contribution in [0.3, 0.4) is 0 Å². The summed E-state index contributed by atoms with van der Waals surface area (Å²) in [4.78, 5) is 31.3. The van der Waals surface area contributed by atoms with Crippen LogP contribution in [0, 0.1) is 31.1 Å². The van der Waals surface area contributed by atoms with Crippen LogP contribution >= 0.6 is 0 Å². The number of amides is 1. The molecule has 0 radical (unpaired) electrons. The molecule has 1 aromatic heterocycles. The summed E-state index contributed by atoms with van der Waals surface area (Å²) in [6, 6.07) is 11.4. The lowest BCUT2D eigenvalue weighted by Crippen LogP contribution is -2.39. The largest absolute Gasteiger partial charge is 0.452 e. The van der Waals surface area contributed by atoms with Gasteiger partial charge in [-0.2, -0.15) is 5.26 Å². The summed E-state index contributed by atoms with van der Waals surface area (Å²) in [5.41, 5.74) is 3.32. The van der Waals surface area contributed by atoms with Crippen LogP contribution in [0.4, 0.5) is 11.5 Å². The van der Waals surface area contributed by atoms with E-state index in [0.29, 0.717) is 31.5 Å². The smallest absolute Gasteiger partial charge is 0.309 e. The Kier molecular flexibility index (Phi) is 6.68. The number of hydrogen-bond acceptors (Lipinski definition) is 6. The molecule has 7 nitrogen and oxygen atoms in total. The number of pyridine rings is 1. The predicted molar refractivity (Wildman–Crippen MR) is 114 cm³/mol. The third kappa shape index (κ3) is 5.15. The molecule has 1 fully saturated rings. The van der Waals surface area contributed by atoms with Crippen molar-refractivity contribution in [2.75, 3.05) is 23.3 Å². The first kappa shape index (κ1) is 21.3. The van der Waals surface area contributed by atoms with Crippen LogP contribution in [0.2, 0.25) is 0 Å². The highest BCUT2D eigenvalue weighted by Crippen LogP contribution is 2.23. The fraction of sp³-hybridized carbons (Fsp3) is 0.391. The number of hydrogen-bond donors (Lipinski definition) is 1. The Hall–Kier alpha value is -3.40. The topological polar surface area (TPSA) is 95.3 Å². The second-order valence-corrected chi connectivity index (χ2v) is 7.66. The average Bonchev–Trinajstić information content (AvgIpc) is 2.75. The molecule has 1 aliphatic rings. The number of esters is 1. The number of aryl methyl sites for hydroxylation is 2. The molecule has 1 unspecified atom stereocenters. The van der Waals surface area contributed by atoms with Crippen molar-refractivity contribution in [3.05, 3.63) is 53.2 Å². The lowest BCUT2D eigenvalue weighted by Gasteiger charge is -2.32. The SMILES string of the molecule is Cc1ccc(NC(=O)C(C)OC(=O)C2CCN(c3ccc(C#N)cn3)CC2)c(C)c1. The molecule has 1 aliphatic heterocycles. The average molecular weight is 406 g/mol. The maximum atomic E-state index is 12.5. The molecule has 1 N–H and O–H groups in total. The van der Waals surface area contributed by atoms with Crippen LogP contribution in [-0.2, 0) is 14.3 Å². The Bertz CT molecular complexity index is 957. The molecule has 0 bridgehead atoms. The standard InChI is InChI=1S/C23H26N4O3/c1-15-4-6-20(16(2)12-15)26-22(28)17(3)30-23(29)19-8-10-27(11-9-19)21-7-5-18(13-24)14-25-21/h4-7,12,14,17,19H,8-11H2,1-3H3,(H,26,28). The van der Waals surface area contributed by atoms with Crippen LogP contribution in [0.1, 0.15) is 36.5 Å². The lowest BCUT2D eigenvalue weighted by atomic mass is 9.97. The lowest BCUT2D eigenvalue weighted by molar-refractivity contribution is -0.157. The molecule has 7 heteroatoms. The van der Waals surface area contributed by atoms with Crippen molar-refractivity contribution in [3.63, 3.8) is 0 Å². The van der Waals surface area contributed by atoms with Gasteiger partial charge in [0.15, 0.2) is 6.10 Å². The fourth-order valence-electron chi connectivity index (χ4n) is 3.50. The third-order valence-electron chi connectivity index (χ3n) is 5.33. The number of carbonyl (C=O) groups excluding carboxylic acids is 2. The number of piperidine rings is 1. The van der Waals surface area contributed by atoms with Gasteiger partial charge < -0.3 is 15.0 Å². The van der Waals surface area contributed by atoms with Crippen molar-refractivity contribution < 1.29 is 14.3 Å². The Morgan fingerprint density at radius 1 is 1.23 bits per heavy atom. The molecule has 0 spiro atoms. The molecule has 0 aliphatic carbocycles. The maximum Gasteiger partial charge on any atom is 0.309 e. The van der Waals surface area contributed by atoms with E-state index in [2.05, 4.69) is 21.3 Å². The van der Waals surface area contributed by atoms with E-state index in [-0.39, 0.29) is 17.8 Å². The van der Waals surface area contributed by atoms with Gasteiger partial charge in [-0.3, -0.25) is 9.59 Å². The van der Waals surface area contributed by atoms with Gasteiger partial charge in [-0.25, -0.2) is 4.98 Å². The van der Waals surface area contributed by atoms with Gasteiger partial charge in [0.1, 0.15) is 11.9 Å². The van der Waals surface area contributed by atoms with E-state index >= 15 is 0 Å². The molecule has 1 aromatic carbocycles. The minimum Gasteiger partial charge on any atom is -0.452 e. The number of nitrogens with zero attached hydrogens (tertiary/aromatic N) is 3. The molecular weight excluding hydrogens is 380 g/mol. The second-order valence-electron chi connectivity index (χ2n) is 7.66. The van der Waals surface area contributed by atoms with Crippen LogP contribution < -0.4 is 10.2 Å². The third-order valence-corrected chi connectivity index (χ3v) is 5.33. The summed E-state index contributed by atoms with van der Waals surface area (Å²) in [5.74, 6) is -0.127. The van der Waals surface area contributed by atoms with Gasteiger partial charge in [0, 0.05) is 25.0 Å². The van der Waals surface area contributed by atoms with E-state index < -0.39 is 6.10 Å². The minimum atomic E-state index is -0.864. The first-order valence-corrected chi connectivity index (χ1v) is 10.1. The normalized spacial score (nSPS) is 15.2. The van der Waals surface area contributed by atoms with Crippen molar-refractivity contribution >= 4 is 23.4 Å². The minimum absolute atomic E-state index is 0.240. The number of benzene rings is 1. The Morgan fingerprint density at radius 2 is 1.97 bits per heavy atom. The van der Waals surface area contributed by atoms with Gasteiger partial charge in [0.05, 0.1) is 11.5 Å². The predicted octanol–water partition coefficient (Wildman–Crippen LogP) is 3.36. The summed E-state index contributed by atoms with van der Waals surface area (Å²) in [6.07, 6.45) is 1.94. The summed E-state index contributed by atoms with van der Waals surface area (Å²) < 4.78 is 5.44. The van der Waals surface area contributed by atoms with E-state index in [0.717, 1.165) is 22.6 Å². The molecule has 1 atom stereocenters. The molecule has 156 valence electrons. The maximum absolute atomic E-state index is 12.5. The molecule has 0 saturated carbocycles. The quantitative estimate of drug-likeness (QED) is 0.765. The highest BCUT2D eigenvalue weighted by molar-refractivity contribution is 5.95. The van der Waals surface area contributed by atoms with Crippen molar-refractivity contribution in [2.45, 2.75) is 39.7 Å². The highest BCUT2D eigenvalue weighted by atomic mass is 16.5. The summed E-state index contributed by atoms with van der Waals surface area (Å²) in [6.45, 7) is 6.84. The van der Waals surface area contributed by atoms with E-state index in [4.69, 9.17) is 10.00 Å². The molecule has 2 aromatic rings. The van der Waals surface area contributed by atoms with Gasteiger partial charge in [-0.05, 0) is 57.4 Å². The van der Waals surface area contributed by atoms with Gasteiger partial charge in [-0.15, -0.1) is 0 Å². The summed E-state index contributed by atoms with van der Waals surface area (Å²) >= 11 is 0. The fourth-order valence-corrected chi connectivity index (χ4v) is 3.50. The van der Waals surface area contributed by atoms with E-state index in [1.54, 1.807) is 19.2 Å². The molecule has 3 rings (SSSR count). The monoisotopic (exact) mass is 406 g/mol. The van der Waals surface area contributed by atoms with Crippen LogP contribution in [-0.4, -0.2) is 36.1 Å². The van der Waals surface area contributed by atoms with E-state index in [1.165, 1.54) is 0 Å². The summed E-state index contributed by atoms with van der Waals surface area (Å²) in [5, 5.41) is 11.7. The van der Waals surface area contributed by atoms with Gasteiger partial charge in [0.2, 0.25) is 0 Å². The Balaban J connectivity index is 1.49. The second kappa shape index (κ2) is 9.40. The van der Waals surface area contributed by atoms with Crippen LogP contribution in [0.25, 0.3) is 0 Å². The van der Waals surface area contributed by atoms with Crippen LogP contribution in [0.5, 0.6) is 0 Å². The van der Waals surface area contributed by atoms with Gasteiger partial charge in [0.25, 0.3) is 5.91 Å².